The number of halogens is 3. The molecular formula is C25H21BrCl2N4O2S. The van der Waals surface area contributed by atoms with E-state index in [0.717, 1.165) is 15.8 Å². The first kappa shape index (κ1) is 25.6. The summed E-state index contributed by atoms with van der Waals surface area (Å²) in [5, 5.41) is 13.5. The summed E-state index contributed by atoms with van der Waals surface area (Å²) >= 11 is 17.8. The van der Waals surface area contributed by atoms with E-state index in [4.69, 9.17) is 27.9 Å². The summed E-state index contributed by atoms with van der Waals surface area (Å²) in [6.45, 7) is 1.85. The first-order valence-corrected chi connectivity index (χ1v) is 13.1. The fourth-order valence-electron chi connectivity index (χ4n) is 3.42. The van der Waals surface area contributed by atoms with Crippen molar-refractivity contribution in [2.24, 2.45) is 0 Å². The van der Waals surface area contributed by atoms with Gasteiger partial charge in [0.1, 0.15) is 5.75 Å². The summed E-state index contributed by atoms with van der Waals surface area (Å²) in [4.78, 5) is 12.9. The number of ether oxygens (including phenoxy) is 1. The van der Waals surface area contributed by atoms with Crippen LogP contribution in [0.1, 0.15) is 34.7 Å². The average molecular weight is 592 g/mol. The monoisotopic (exact) mass is 590 g/mol. The van der Waals surface area contributed by atoms with Gasteiger partial charge in [0.25, 0.3) is 5.91 Å². The van der Waals surface area contributed by atoms with Gasteiger partial charge in [0.05, 0.1) is 23.9 Å². The molecule has 35 heavy (non-hydrogen) atoms. The Morgan fingerprint density at radius 1 is 1.11 bits per heavy atom. The Morgan fingerprint density at radius 3 is 2.69 bits per heavy atom. The van der Waals surface area contributed by atoms with Crippen LogP contribution >= 0.6 is 50.9 Å². The molecule has 0 radical (unpaired) electrons. The summed E-state index contributed by atoms with van der Waals surface area (Å²) in [6, 6.07) is 19.8. The molecule has 0 saturated heterocycles. The number of nitrogens with zero attached hydrogens (tertiary/aromatic N) is 3. The van der Waals surface area contributed by atoms with Gasteiger partial charge in [-0.3, -0.25) is 9.36 Å². The highest BCUT2D eigenvalue weighted by atomic mass is 79.9. The van der Waals surface area contributed by atoms with Crippen molar-refractivity contribution in [1.29, 1.82) is 0 Å². The lowest BCUT2D eigenvalue weighted by Crippen LogP contribution is -2.28. The largest absolute Gasteiger partial charge is 0.497 e. The van der Waals surface area contributed by atoms with Gasteiger partial charge in [-0.05, 0) is 61.0 Å². The van der Waals surface area contributed by atoms with Gasteiger partial charge < -0.3 is 10.1 Å². The second kappa shape index (κ2) is 11.5. The maximum absolute atomic E-state index is 12.9. The molecule has 3 aromatic carbocycles. The molecule has 6 nitrogen and oxygen atoms in total. The zero-order valence-corrected chi connectivity index (χ0v) is 22.7. The van der Waals surface area contributed by atoms with Crippen molar-refractivity contribution in [2.45, 2.75) is 23.9 Å². The molecule has 1 atom stereocenters. The van der Waals surface area contributed by atoms with Crippen molar-refractivity contribution in [3.63, 3.8) is 0 Å². The van der Waals surface area contributed by atoms with E-state index in [2.05, 4.69) is 31.4 Å². The molecule has 1 aromatic heterocycles. The molecule has 0 bridgehead atoms. The predicted octanol–water partition coefficient (Wildman–Crippen LogP) is 7.13. The first-order chi connectivity index (χ1) is 16.9. The molecule has 4 aromatic rings. The van der Waals surface area contributed by atoms with Crippen molar-refractivity contribution in [1.82, 2.24) is 20.1 Å². The third-order valence-corrected chi connectivity index (χ3v) is 7.18. The van der Waals surface area contributed by atoms with Crippen molar-refractivity contribution in [3.05, 3.63) is 98.2 Å². The van der Waals surface area contributed by atoms with E-state index < -0.39 is 6.04 Å². The summed E-state index contributed by atoms with van der Waals surface area (Å²) < 4.78 is 7.99. The SMILES string of the molecule is COc1cccc(CSc2nnc(C(C)NC(=O)c3cccc(Br)c3)n2-c2cc(Cl)ccc2Cl)c1. The van der Waals surface area contributed by atoms with Gasteiger partial charge >= 0.3 is 0 Å². The van der Waals surface area contributed by atoms with Gasteiger partial charge in [-0.25, -0.2) is 0 Å². The molecule has 1 amide bonds. The smallest absolute Gasteiger partial charge is 0.251 e. The second-order valence-electron chi connectivity index (χ2n) is 7.62. The van der Waals surface area contributed by atoms with Crippen LogP contribution in [0.3, 0.4) is 0 Å². The molecule has 10 heteroatoms. The molecule has 1 unspecified atom stereocenters. The third-order valence-electron chi connectivity index (χ3n) is 5.13. The molecule has 0 aliphatic rings. The van der Waals surface area contributed by atoms with Gasteiger partial charge in [0.2, 0.25) is 0 Å². The Morgan fingerprint density at radius 2 is 1.91 bits per heavy atom. The van der Waals surface area contributed by atoms with Crippen LogP contribution in [0.15, 0.2) is 76.4 Å². The van der Waals surface area contributed by atoms with Crippen LogP contribution < -0.4 is 10.1 Å². The Balaban J connectivity index is 1.66. The van der Waals surface area contributed by atoms with Crippen molar-refractivity contribution < 1.29 is 9.53 Å². The number of nitrogens with one attached hydrogen (secondary N) is 1. The van der Waals surface area contributed by atoms with Crippen molar-refractivity contribution >= 4 is 56.8 Å². The third kappa shape index (κ3) is 6.19. The fraction of sp³-hybridized carbons (Fsp3) is 0.160. The van der Waals surface area contributed by atoms with Crippen molar-refractivity contribution in [2.75, 3.05) is 7.11 Å². The number of hydrogen-bond acceptors (Lipinski definition) is 5. The highest BCUT2D eigenvalue weighted by molar-refractivity contribution is 9.10. The molecule has 180 valence electrons. The number of hydrogen-bond donors (Lipinski definition) is 1. The Hall–Kier alpha value is -2.52. The molecule has 0 fully saturated rings. The number of methoxy groups -OCH3 is 1. The minimum atomic E-state index is -0.463. The molecule has 4 rings (SSSR count). The van der Waals surface area contributed by atoms with Crippen LogP contribution in [0.2, 0.25) is 10.0 Å². The maximum atomic E-state index is 12.9. The summed E-state index contributed by atoms with van der Waals surface area (Å²) in [6.07, 6.45) is 0. The normalized spacial score (nSPS) is 11.8. The minimum Gasteiger partial charge on any atom is -0.497 e. The number of amides is 1. The number of thioether (sulfide) groups is 1. The lowest BCUT2D eigenvalue weighted by molar-refractivity contribution is 0.0938. The molecule has 0 saturated carbocycles. The van der Waals surface area contributed by atoms with E-state index in [-0.39, 0.29) is 5.91 Å². The summed E-state index contributed by atoms with van der Waals surface area (Å²) in [7, 11) is 1.64. The van der Waals surface area contributed by atoms with E-state index in [1.807, 2.05) is 47.9 Å². The number of carbonyl (C=O) groups excluding carboxylic acids is 1. The minimum absolute atomic E-state index is 0.226. The zero-order chi connectivity index (χ0) is 24.9. The van der Waals surface area contributed by atoms with Crippen LogP contribution in [-0.4, -0.2) is 27.8 Å². The molecule has 0 spiro atoms. The summed E-state index contributed by atoms with van der Waals surface area (Å²) in [5.74, 6) is 1.72. The van der Waals surface area contributed by atoms with E-state index in [1.54, 1.807) is 37.4 Å². The molecule has 0 aliphatic carbocycles. The van der Waals surface area contributed by atoms with Crippen LogP contribution in [0.4, 0.5) is 0 Å². The Labute approximate surface area is 226 Å². The van der Waals surface area contributed by atoms with Crippen LogP contribution in [0.5, 0.6) is 5.75 Å². The van der Waals surface area contributed by atoms with Gasteiger partial charge in [0, 0.05) is 20.8 Å². The van der Waals surface area contributed by atoms with Gasteiger partial charge in [-0.15, -0.1) is 10.2 Å². The number of benzene rings is 3. The van der Waals surface area contributed by atoms with Crippen LogP contribution in [0, 0.1) is 0 Å². The highest BCUT2D eigenvalue weighted by Crippen LogP contribution is 2.33. The van der Waals surface area contributed by atoms with E-state index in [9.17, 15) is 4.79 Å². The predicted molar refractivity (Wildman–Crippen MR) is 144 cm³/mol. The first-order valence-electron chi connectivity index (χ1n) is 10.6. The Bertz CT molecular complexity index is 1370. The lowest BCUT2D eigenvalue weighted by Gasteiger charge is -2.17. The second-order valence-corrected chi connectivity index (χ2v) is 10.3. The van der Waals surface area contributed by atoms with Gasteiger partial charge in [-0.1, -0.05) is 69.1 Å². The highest BCUT2D eigenvalue weighted by Gasteiger charge is 2.23. The Kier molecular flexibility index (Phi) is 8.38. The van der Waals surface area contributed by atoms with Crippen LogP contribution in [-0.2, 0) is 5.75 Å². The van der Waals surface area contributed by atoms with Crippen molar-refractivity contribution in [3.8, 4) is 11.4 Å². The maximum Gasteiger partial charge on any atom is 0.251 e. The molecule has 1 heterocycles. The number of aromatic nitrogens is 3. The average Bonchev–Trinajstić information content (AvgIpc) is 3.28. The number of rotatable bonds is 8. The van der Waals surface area contributed by atoms with Crippen LogP contribution in [0.25, 0.3) is 5.69 Å². The van der Waals surface area contributed by atoms with E-state index in [1.165, 1.54) is 11.8 Å². The topological polar surface area (TPSA) is 69.0 Å². The standard InChI is InChI=1S/C25H21BrCl2N4O2S/c1-15(29-24(33)17-6-4-7-18(26)12-17)23-30-31-25(32(23)22-13-19(27)9-10-21(22)28)35-14-16-5-3-8-20(11-16)34-2/h3-13,15H,14H2,1-2H3,(H,29,33). The molecular weight excluding hydrogens is 571 g/mol. The molecule has 1 N–H and O–H groups in total. The fourth-order valence-corrected chi connectivity index (χ4v) is 5.09. The number of carbonyl (C=O) groups is 1. The lowest BCUT2D eigenvalue weighted by atomic mass is 10.2. The zero-order valence-electron chi connectivity index (χ0n) is 18.8. The van der Waals surface area contributed by atoms with E-state index >= 15 is 0 Å². The molecule has 0 aliphatic heterocycles. The van der Waals surface area contributed by atoms with E-state index in [0.29, 0.717) is 38.0 Å². The quantitative estimate of drug-likeness (QED) is 0.221. The van der Waals surface area contributed by atoms with Gasteiger partial charge in [-0.2, -0.15) is 0 Å². The summed E-state index contributed by atoms with van der Waals surface area (Å²) in [5.41, 5.74) is 2.24. The van der Waals surface area contributed by atoms with Gasteiger partial charge in [0.15, 0.2) is 11.0 Å².